The van der Waals surface area contributed by atoms with Gasteiger partial charge in [0.1, 0.15) is 0 Å². The molecule has 6 heteroatoms. The summed E-state index contributed by atoms with van der Waals surface area (Å²) in [6, 6.07) is 1.97. The van der Waals surface area contributed by atoms with E-state index in [1.807, 2.05) is 13.0 Å². The van der Waals surface area contributed by atoms with E-state index in [4.69, 9.17) is 18.0 Å². The summed E-state index contributed by atoms with van der Waals surface area (Å²) in [6.45, 7) is 2.42. The molecule has 0 aromatic carbocycles. The molecule has 1 amide bonds. The van der Waals surface area contributed by atoms with Gasteiger partial charge in [-0.2, -0.15) is 0 Å². The molecule has 0 fully saturated rings. The lowest BCUT2D eigenvalue weighted by Crippen LogP contribution is -2.14. The molecule has 16 heavy (non-hydrogen) atoms. The third kappa shape index (κ3) is 1.96. The summed E-state index contributed by atoms with van der Waals surface area (Å²) in [4.78, 5) is 18.1. The molecule has 2 rings (SSSR count). The van der Waals surface area contributed by atoms with E-state index in [2.05, 4.69) is 9.97 Å². The number of primary amides is 1. The summed E-state index contributed by atoms with van der Waals surface area (Å²) < 4.78 is 2.35. The maximum absolute atomic E-state index is 10.7. The number of nitrogens with zero attached hydrogens (tertiary/aromatic N) is 2. The van der Waals surface area contributed by atoms with Crippen molar-refractivity contribution in [1.82, 2.24) is 14.5 Å². The highest BCUT2D eigenvalue weighted by molar-refractivity contribution is 7.71. The molecule has 0 aliphatic heterocycles. The smallest absolute Gasteiger partial charge is 0.219 e. The quantitative estimate of drug-likeness (QED) is 0.788. The Hall–Kier alpha value is -1.69. The van der Waals surface area contributed by atoms with Gasteiger partial charge in [-0.3, -0.25) is 4.79 Å². The number of carbonyl (C=O) groups excluding carboxylic acids is 1. The van der Waals surface area contributed by atoms with Gasteiger partial charge in [-0.15, -0.1) is 0 Å². The summed E-state index contributed by atoms with van der Waals surface area (Å²) in [7, 11) is 0. The molecule has 2 heterocycles. The lowest BCUT2D eigenvalue weighted by Gasteiger charge is -2.01. The average molecular weight is 236 g/mol. The third-order valence-corrected chi connectivity index (χ3v) is 2.65. The van der Waals surface area contributed by atoms with Crippen LogP contribution in [0.25, 0.3) is 11.2 Å². The Balaban J connectivity index is 2.48. The van der Waals surface area contributed by atoms with Gasteiger partial charge in [0, 0.05) is 19.2 Å². The summed E-state index contributed by atoms with van der Waals surface area (Å²) >= 11 is 5.16. The van der Waals surface area contributed by atoms with Gasteiger partial charge in [-0.05, 0) is 30.8 Å². The van der Waals surface area contributed by atoms with Gasteiger partial charge in [0.05, 0.1) is 5.52 Å². The number of pyridine rings is 1. The average Bonchev–Trinajstić information content (AvgIpc) is 2.50. The van der Waals surface area contributed by atoms with E-state index >= 15 is 0 Å². The first kappa shape index (κ1) is 10.8. The number of aryl methyl sites for hydroxylation is 2. The number of hydrogen-bond donors (Lipinski definition) is 2. The van der Waals surface area contributed by atoms with Crippen LogP contribution >= 0.6 is 12.2 Å². The molecule has 5 nitrogen and oxygen atoms in total. The van der Waals surface area contributed by atoms with E-state index in [0.717, 1.165) is 16.7 Å². The highest BCUT2D eigenvalue weighted by Crippen LogP contribution is 2.13. The number of nitrogens with two attached hydrogens (primary N) is 1. The van der Waals surface area contributed by atoms with E-state index < -0.39 is 0 Å². The first-order valence-electron chi connectivity index (χ1n) is 4.91. The molecule has 0 bridgehead atoms. The van der Waals surface area contributed by atoms with Gasteiger partial charge in [-0.1, -0.05) is 0 Å². The molecule has 0 aliphatic carbocycles. The second kappa shape index (κ2) is 4.05. The fourth-order valence-corrected chi connectivity index (χ4v) is 1.87. The first-order chi connectivity index (χ1) is 7.58. The number of H-pyrrole nitrogens is 1. The van der Waals surface area contributed by atoms with Crippen molar-refractivity contribution in [2.24, 2.45) is 5.73 Å². The topological polar surface area (TPSA) is 76.7 Å². The van der Waals surface area contributed by atoms with Crippen LogP contribution in [0, 0.1) is 11.7 Å². The molecule has 0 spiro atoms. The first-order valence-corrected chi connectivity index (χ1v) is 5.32. The fourth-order valence-electron chi connectivity index (χ4n) is 1.58. The molecule has 0 saturated heterocycles. The normalized spacial score (nSPS) is 10.8. The van der Waals surface area contributed by atoms with Crippen molar-refractivity contribution in [3.05, 3.63) is 22.6 Å². The van der Waals surface area contributed by atoms with Gasteiger partial charge in [0.2, 0.25) is 5.91 Å². The van der Waals surface area contributed by atoms with Gasteiger partial charge in [0.25, 0.3) is 0 Å². The van der Waals surface area contributed by atoms with E-state index in [1.165, 1.54) is 0 Å². The van der Waals surface area contributed by atoms with Crippen molar-refractivity contribution >= 4 is 29.3 Å². The Morgan fingerprint density at radius 2 is 2.44 bits per heavy atom. The third-order valence-electron chi connectivity index (χ3n) is 2.33. The molecule has 0 aliphatic rings. The van der Waals surface area contributed by atoms with E-state index in [0.29, 0.717) is 11.3 Å². The van der Waals surface area contributed by atoms with Crippen LogP contribution in [0.15, 0.2) is 12.3 Å². The van der Waals surface area contributed by atoms with Gasteiger partial charge >= 0.3 is 0 Å². The minimum Gasteiger partial charge on any atom is -0.370 e. The van der Waals surface area contributed by atoms with Crippen molar-refractivity contribution < 1.29 is 4.79 Å². The summed E-state index contributed by atoms with van der Waals surface area (Å²) in [5, 5.41) is 0. The minimum atomic E-state index is -0.344. The maximum Gasteiger partial charge on any atom is 0.219 e. The Morgan fingerprint density at radius 3 is 3.12 bits per heavy atom. The molecule has 3 N–H and O–H groups in total. The Kier molecular flexibility index (Phi) is 2.74. The molecule has 0 unspecified atom stereocenters. The predicted molar refractivity (Wildman–Crippen MR) is 63.5 cm³/mol. The zero-order chi connectivity index (χ0) is 11.7. The number of amides is 1. The van der Waals surface area contributed by atoms with Crippen LogP contribution in [0.3, 0.4) is 0 Å². The van der Waals surface area contributed by atoms with Crippen LogP contribution in [0.5, 0.6) is 0 Å². The summed E-state index contributed by atoms with van der Waals surface area (Å²) in [5.41, 5.74) is 7.82. The molecule has 2 aromatic heterocycles. The number of aromatic nitrogens is 3. The standard InChI is InChI=1S/C10H12N4OS/c1-6-4-7-9(12-5-6)14(10(16)13-7)3-2-8(11)15/h4-5H,2-3H2,1H3,(H2,11,15)(H,13,16). The van der Waals surface area contributed by atoms with E-state index in [1.54, 1.807) is 10.8 Å². The minimum absolute atomic E-state index is 0.261. The number of fused-ring (bicyclic) bond motifs is 1. The van der Waals surface area contributed by atoms with Crippen molar-refractivity contribution in [1.29, 1.82) is 0 Å². The zero-order valence-electron chi connectivity index (χ0n) is 8.86. The second-order valence-corrected chi connectivity index (χ2v) is 4.07. The Morgan fingerprint density at radius 1 is 1.69 bits per heavy atom. The van der Waals surface area contributed by atoms with Gasteiger partial charge in [0.15, 0.2) is 10.4 Å². The SMILES string of the molecule is Cc1cnc2c(c1)[nH]c(=S)n2CCC(N)=O. The predicted octanol–water partition coefficient (Wildman–Crippen LogP) is 1.28. The number of hydrogen-bond acceptors (Lipinski definition) is 3. The van der Waals surface area contributed by atoms with E-state index in [9.17, 15) is 4.79 Å². The highest BCUT2D eigenvalue weighted by atomic mass is 32.1. The molecular formula is C10H12N4OS. The summed E-state index contributed by atoms with van der Waals surface area (Å²) in [5.74, 6) is -0.344. The molecule has 0 atom stereocenters. The Labute approximate surface area is 97.3 Å². The molecular weight excluding hydrogens is 224 g/mol. The molecule has 84 valence electrons. The number of carbonyl (C=O) groups is 1. The monoisotopic (exact) mass is 236 g/mol. The number of rotatable bonds is 3. The maximum atomic E-state index is 10.7. The highest BCUT2D eigenvalue weighted by Gasteiger charge is 2.06. The lowest BCUT2D eigenvalue weighted by molar-refractivity contribution is -0.118. The van der Waals surface area contributed by atoms with Gasteiger partial charge in [-0.25, -0.2) is 4.98 Å². The van der Waals surface area contributed by atoms with Crippen LogP contribution < -0.4 is 5.73 Å². The van der Waals surface area contributed by atoms with Crippen LogP contribution in [-0.4, -0.2) is 20.4 Å². The number of aromatic amines is 1. The Bertz CT molecular complexity index is 598. The van der Waals surface area contributed by atoms with Crippen LogP contribution in [0.1, 0.15) is 12.0 Å². The van der Waals surface area contributed by atoms with Crippen molar-refractivity contribution in [2.45, 2.75) is 19.9 Å². The fraction of sp³-hybridized carbons (Fsp3) is 0.300. The van der Waals surface area contributed by atoms with Crippen LogP contribution in [0.2, 0.25) is 0 Å². The van der Waals surface area contributed by atoms with Crippen LogP contribution in [0.4, 0.5) is 0 Å². The van der Waals surface area contributed by atoms with E-state index in [-0.39, 0.29) is 12.3 Å². The van der Waals surface area contributed by atoms with Crippen LogP contribution in [-0.2, 0) is 11.3 Å². The lowest BCUT2D eigenvalue weighted by atomic mass is 10.3. The van der Waals surface area contributed by atoms with Crippen molar-refractivity contribution in [2.75, 3.05) is 0 Å². The van der Waals surface area contributed by atoms with Crippen molar-refractivity contribution in [3.8, 4) is 0 Å². The molecule has 0 saturated carbocycles. The molecule has 0 radical (unpaired) electrons. The van der Waals surface area contributed by atoms with Gasteiger partial charge < -0.3 is 15.3 Å². The molecule has 2 aromatic rings. The number of nitrogens with one attached hydrogen (secondary N) is 1. The largest absolute Gasteiger partial charge is 0.370 e. The second-order valence-electron chi connectivity index (χ2n) is 3.68. The zero-order valence-corrected chi connectivity index (χ0v) is 9.67. The summed E-state index contributed by atoms with van der Waals surface area (Å²) in [6.07, 6.45) is 2.03. The number of imidazole rings is 1. The van der Waals surface area contributed by atoms with Crippen molar-refractivity contribution in [3.63, 3.8) is 0 Å².